The molecule has 84 valence electrons. The van der Waals surface area contributed by atoms with Crippen molar-refractivity contribution in [3.63, 3.8) is 0 Å². The number of carboxylic acids is 1. The summed E-state index contributed by atoms with van der Waals surface area (Å²) in [5.74, 6) is -1.04. The zero-order valence-corrected chi connectivity index (χ0v) is 8.91. The first-order chi connectivity index (χ1) is 7.65. The molecule has 0 bridgehead atoms. The van der Waals surface area contributed by atoms with Crippen molar-refractivity contribution in [2.45, 2.75) is 13.0 Å². The van der Waals surface area contributed by atoms with Crippen molar-refractivity contribution < 1.29 is 14.6 Å². The van der Waals surface area contributed by atoms with E-state index in [2.05, 4.69) is 10.1 Å². The first-order valence-electron chi connectivity index (χ1n) is 4.74. The van der Waals surface area contributed by atoms with Gasteiger partial charge in [0, 0.05) is 19.4 Å². The van der Waals surface area contributed by atoms with Gasteiger partial charge in [-0.25, -0.2) is 14.3 Å². The number of aromatic carboxylic acids is 1. The highest BCUT2D eigenvalue weighted by atomic mass is 16.5. The van der Waals surface area contributed by atoms with Gasteiger partial charge in [0.2, 0.25) is 0 Å². The third-order valence-corrected chi connectivity index (χ3v) is 2.42. The topological polar surface area (TPSA) is 76.7 Å². The summed E-state index contributed by atoms with van der Waals surface area (Å²) in [6, 6.07) is 1.71. The maximum atomic E-state index is 11.1. The molecule has 0 radical (unpaired) electrons. The highest BCUT2D eigenvalue weighted by Crippen LogP contribution is 2.20. The molecule has 1 N–H and O–H groups in total. The van der Waals surface area contributed by atoms with Gasteiger partial charge in [-0.15, -0.1) is 0 Å². The molecule has 0 spiro atoms. The fourth-order valence-corrected chi connectivity index (χ4v) is 1.56. The summed E-state index contributed by atoms with van der Waals surface area (Å²) in [5, 5.41) is 13.1. The Morgan fingerprint density at radius 2 is 2.38 bits per heavy atom. The first kappa shape index (κ1) is 10.6. The summed E-state index contributed by atoms with van der Waals surface area (Å²) in [6.07, 6.45) is 2.53. The van der Waals surface area contributed by atoms with E-state index in [1.54, 1.807) is 19.2 Å². The molecule has 2 rings (SSSR count). The minimum absolute atomic E-state index is 0.102. The van der Waals surface area contributed by atoms with Gasteiger partial charge in [0.15, 0.2) is 5.65 Å². The summed E-state index contributed by atoms with van der Waals surface area (Å²) in [7, 11) is 1.52. The lowest BCUT2D eigenvalue weighted by Crippen LogP contribution is -2.14. The number of ether oxygens (including phenoxy) is 1. The van der Waals surface area contributed by atoms with Crippen LogP contribution in [0.3, 0.4) is 0 Å². The second kappa shape index (κ2) is 3.90. The lowest BCUT2D eigenvalue weighted by atomic mass is 10.1. The first-order valence-corrected chi connectivity index (χ1v) is 4.74. The van der Waals surface area contributed by atoms with Crippen molar-refractivity contribution in [3.8, 4) is 0 Å². The minimum Gasteiger partial charge on any atom is -0.478 e. The van der Waals surface area contributed by atoms with Gasteiger partial charge in [0.25, 0.3) is 0 Å². The van der Waals surface area contributed by atoms with Gasteiger partial charge in [0.1, 0.15) is 5.56 Å². The summed E-state index contributed by atoms with van der Waals surface area (Å²) in [4.78, 5) is 15.1. The van der Waals surface area contributed by atoms with Crippen molar-refractivity contribution in [2.24, 2.45) is 0 Å². The number of nitrogens with zero attached hydrogens (tertiary/aromatic N) is 3. The zero-order chi connectivity index (χ0) is 11.7. The standard InChI is InChI=1S/C10H11N3O3/c1-6(16-2)9-7(10(14)15)5-11-8-3-4-12-13(8)9/h3-6H,1-2H3,(H,14,15). The third-order valence-electron chi connectivity index (χ3n) is 2.42. The Labute approximate surface area is 91.5 Å². The van der Waals surface area contributed by atoms with E-state index in [4.69, 9.17) is 9.84 Å². The fourth-order valence-electron chi connectivity index (χ4n) is 1.56. The Morgan fingerprint density at radius 1 is 1.62 bits per heavy atom. The second-order valence-electron chi connectivity index (χ2n) is 3.34. The van der Waals surface area contributed by atoms with E-state index in [0.29, 0.717) is 11.3 Å². The van der Waals surface area contributed by atoms with Crippen LogP contribution in [0.4, 0.5) is 0 Å². The van der Waals surface area contributed by atoms with Crippen LogP contribution in [0, 0.1) is 0 Å². The molecule has 6 nitrogen and oxygen atoms in total. The number of carboxylic acid groups (broad SMARTS) is 1. The van der Waals surface area contributed by atoms with Crippen molar-refractivity contribution in [1.29, 1.82) is 0 Å². The molecule has 0 fully saturated rings. The molecule has 1 unspecified atom stereocenters. The highest BCUT2D eigenvalue weighted by Gasteiger charge is 2.20. The van der Waals surface area contributed by atoms with E-state index in [1.807, 2.05) is 0 Å². The number of fused-ring (bicyclic) bond motifs is 1. The second-order valence-corrected chi connectivity index (χ2v) is 3.34. The average molecular weight is 221 g/mol. The SMILES string of the molecule is COC(C)c1c(C(=O)O)cnc2ccnn12. The molecule has 0 amide bonds. The van der Waals surface area contributed by atoms with Crippen LogP contribution >= 0.6 is 0 Å². The number of aromatic nitrogens is 3. The predicted molar refractivity (Wildman–Crippen MR) is 55.4 cm³/mol. The number of carbonyl (C=O) groups is 1. The maximum Gasteiger partial charge on any atom is 0.339 e. The molecular weight excluding hydrogens is 210 g/mol. The molecule has 16 heavy (non-hydrogen) atoms. The van der Waals surface area contributed by atoms with Crippen molar-refractivity contribution >= 4 is 11.6 Å². The van der Waals surface area contributed by atoms with Crippen molar-refractivity contribution in [2.75, 3.05) is 7.11 Å². The van der Waals surface area contributed by atoms with Crippen LogP contribution in [0.5, 0.6) is 0 Å². The molecule has 0 aliphatic heterocycles. The zero-order valence-electron chi connectivity index (χ0n) is 8.91. The van der Waals surface area contributed by atoms with Gasteiger partial charge in [-0.1, -0.05) is 0 Å². The Morgan fingerprint density at radius 3 is 3.00 bits per heavy atom. The van der Waals surface area contributed by atoms with Crippen LogP contribution in [-0.2, 0) is 4.74 Å². The van der Waals surface area contributed by atoms with Crippen molar-refractivity contribution in [1.82, 2.24) is 14.6 Å². The molecule has 1 atom stereocenters. The quantitative estimate of drug-likeness (QED) is 0.840. The Hall–Kier alpha value is -1.95. The molecule has 2 aromatic rings. The van der Waals surface area contributed by atoms with Gasteiger partial charge in [-0.3, -0.25) is 0 Å². The average Bonchev–Trinajstić information content (AvgIpc) is 2.74. The highest BCUT2D eigenvalue weighted by molar-refractivity contribution is 5.89. The number of rotatable bonds is 3. The molecule has 0 saturated heterocycles. The molecule has 0 aliphatic rings. The van der Waals surface area contributed by atoms with E-state index in [-0.39, 0.29) is 11.7 Å². The Kier molecular flexibility index (Phi) is 2.57. The van der Waals surface area contributed by atoms with Gasteiger partial charge in [-0.2, -0.15) is 5.10 Å². The van der Waals surface area contributed by atoms with Crippen LogP contribution in [0.25, 0.3) is 5.65 Å². The van der Waals surface area contributed by atoms with E-state index in [9.17, 15) is 4.79 Å². The van der Waals surface area contributed by atoms with E-state index in [1.165, 1.54) is 17.8 Å². The molecular formula is C10H11N3O3. The Balaban J connectivity index is 2.75. The maximum absolute atomic E-state index is 11.1. The van der Waals surface area contributed by atoms with Gasteiger partial charge in [-0.05, 0) is 6.92 Å². The van der Waals surface area contributed by atoms with Crippen LogP contribution in [0.15, 0.2) is 18.5 Å². The van der Waals surface area contributed by atoms with Gasteiger partial charge in [0.05, 0.1) is 18.0 Å². The van der Waals surface area contributed by atoms with Gasteiger partial charge >= 0.3 is 5.97 Å². The number of hydrogen-bond acceptors (Lipinski definition) is 4. The number of methoxy groups -OCH3 is 1. The smallest absolute Gasteiger partial charge is 0.339 e. The number of hydrogen-bond donors (Lipinski definition) is 1. The van der Waals surface area contributed by atoms with Crippen LogP contribution in [0.1, 0.15) is 29.1 Å². The predicted octanol–water partition coefficient (Wildman–Crippen LogP) is 1.13. The lowest BCUT2D eigenvalue weighted by Gasteiger charge is -2.13. The molecule has 0 aromatic carbocycles. The summed E-state index contributed by atoms with van der Waals surface area (Å²) >= 11 is 0. The summed E-state index contributed by atoms with van der Waals surface area (Å²) in [6.45, 7) is 1.77. The van der Waals surface area contributed by atoms with E-state index >= 15 is 0 Å². The van der Waals surface area contributed by atoms with Gasteiger partial charge < -0.3 is 9.84 Å². The van der Waals surface area contributed by atoms with Crippen molar-refractivity contribution in [3.05, 3.63) is 29.7 Å². The Bertz CT molecular complexity index is 535. The summed E-state index contributed by atoms with van der Waals surface area (Å²) < 4.78 is 6.64. The normalized spacial score (nSPS) is 12.9. The summed E-state index contributed by atoms with van der Waals surface area (Å²) in [5.41, 5.74) is 1.19. The molecule has 0 aliphatic carbocycles. The van der Waals surface area contributed by atoms with Crippen LogP contribution < -0.4 is 0 Å². The van der Waals surface area contributed by atoms with E-state index < -0.39 is 5.97 Å². The van der Waals surface area contributed by atoms with Crippen LogP contribution in [-0.4, -0.2) is 32.8 Å². The minimum atomic E-state index is -1.04. The molecule has 0 saturated carbocycles. The molecule has 2 aromatic heterocycles. The lowest BCUT2D eigenvalue weighted by molar-refractivity contribution is 0.0678. The molecule has 6 heteroatoms. The van der Waals surface area contributed by atoms with E-state index in [0.717, 1.165) is 0 Å². The fraction of sp³-hybridized carbons (Fsp3) is 0.300. The van der Waals surface area contributed by atoms with Crippen LogP contribution in [0.2, 0.25) is 0 Å². The third kappa shape index (κ3) is 1.53. The molecule has 2 heterocycles. The monoisotopic (exact) mass is 221 g/mol. The largest absolute Gasteiger partial charge is 0.478 e.